The van der Waals surface area contributed by atoms with E-state index in [0.29, 0.717) is 0 Å². The molecule has 15 heavy (non-hydrogen) atoms. The molecule has 0 radical (unpaired) electrons. The van der Waals surface area contributed by atoms with Crippen molar-refractivity contribution in [1.82, 2.24) is 4.57 Å². The number of rotatable bonds is 6. The minimum atomic E-state index is 0.836. The van der Waals surface area contributed by atoms with E-state index in [-0.39, 0.29) is 0 Å². The van der Waals surface area contributed by atoms with E-state index in [1.54, 1.807) is 0 Å². The zero-order valence-corrected chi connectivity index (χ0v) is 10.0. The molecule has 0 aromatic carbocycles. The van der Waals surface area contributed by atoms with Crippen LogP contribution in [0.15, 0.2) is 6.07 Å². The van der Waals surface area contributed by atoms with Gasteiger partial charge in [0.25, 0.3) is 0 Å². The first kappa shape index (κ1) is 12.0. The lowest BCUT2D eigenvalue weighted by Gasteiger charge is -2.08. The molecule has 0 amide bonds. The number of carbonyl (C=O) groups excluding carboxylic acids is 1. The van der Waals surface area contributed by atoms with E-state index in [2.05, 4.69) is 18.4 Å². The average Bonchev–Trinajstić information content (AvgIpc) is 2.50. The first-order valence-corrected chi connectivity index (χ1v) is 5.82. The molecule has 2 heteroatoms. The number of nitrogens with zero attached hydrogens (tertiary/aromatic N) is 1. The Morgan fingerprint density at radius 3 is 2.53 bits per heavy atom. The molecule has 0 N–H and O–H groups in total. The standard InChI is InChI=1S/C13H21NO/c1-4-5-6-7-8-14-11(2)9-13(10-15)12(14)3/h9-10H,4-8H2,1-3H3. The van der Waals surface area contributed by atoms with Gasteiger partial charge in [0, 0.05) is 23.5 Å². The molecule has 1 heterocycles. The normalized spacial score (nSPS) is 10.6. The first-order chi connectivity index (χ1) is 7.20. The maximum Gasteiger partial charge on any atom is 0.151 e. The fourth-order valence-corrected chi connectivity index (χ4v) is 1.99. The van der Waals surface area contributed by atoms with E-state index < -0.39 is 0 Å². The number of unbranched alkanes of at least 4 members (excludes halogenated alkanes) is 3. The third-order valence-corrected chi connectivity index (χ3v) is 2.98. The monoisotopic (exact) mass is 207 g/mol. The molecule has 1 rings (SSSR count). The third-order valence-electron chi connectivity index (χ3n) is 2.98. The van der Waals surface area contributed by atoms with E-state index in [0.717, 1.165) is 24.1 Å². The summed E-state index contributed by atoms with van der Waals surface area (Å²) in [6, 6.07) is 1.97. The fraction of sp³-hybridized carbons (Fsp3) is 0.615. The van der Waals surface area contributed by atoms with Gasteiger partial charge < -0.3 is 4.57 Å². The maximum absolute atomic E-state index is 10.8. The van der Waals surface area contributed by atoms with Crippen LogP contribution in [0.3, 0.4) is 0 Å². The molecule has 1 aromatic rings. The van der Waals surface area contributed by atoms with Gasteiger partial charge in [0.1, 0.15) is 0 Å². The Morgan fingerprint density at radius 1 is 1.27 bits per heavy atom. The highest BCUT2D eigenvalue weighted by atomic mass is 16.1. The summed E-state index contributed by atoms with van der Waals surface area (Å²) in [7, 11) is 0. The van der Waals surface area contributed by atoms with Crippen molar-refractivity contribution in [1.29, 1.82) is 0 Å². The predicted molar refractivity (Wildman–Crippen MR) is 63.4 cm³/mol. The van der Waals surface area contributed by atoms with Crippen LogP contribution in [-0.4, -0.2) is 10.9 Å². The van der Waals surface area contributed by atoms with Gasteiger partial charge in [-0.05, 0) is 26.3 Å². The van der Waals surface area contributed by atoms with Gasteiger partial charge in [0.05, 0.1) is 0 Å². The largest absolute Gasteiger partial charge is 0.348 e. The van der Waals surface area contributed by atoms with E-state index in [1.165, 1.54) is 31.4 Å². The highest BCUT2D eigenvalue weighted by molar-refractivity contribution is 5.77. The van der Waals surface area contributed by atoms with Gasteiger partial charge in [-0.25, -0.2) is 0 Å². The lowest BCUT2D eigenvalue weighted by molar-refractivity contribution is 0.112. The first-order valence-electron chi connectivity index (χ1n) is 5.82. The Balaban J connectivity index is 2.60. The molecule has 0 aliphatic rings. The average molecular weight is 207 g/mol. The summed E-state index contributed by atoms with van der Waals surface area (Å²) in [6.07, 6.45) is 6.01. The van der Waals surface area contributed by atoms with Crippen molar-refractivity contribution >= 4 is 6.29 Å². The molecule has 2 nitrogen and oxygen atoms in total. The molecule has 0 saturated heterocycles. The van der Waals surface area contributed by atoms with Crippen LogP contribution in [0.1, 0.15) is 54.4 Å². The van der Waals surface area contributed by atoms with Crippen LogP contribution in [0.2, 0.25) is 0 Å². The van der Waals surface area contributed by atoms with Gasteiger partial charge in [-0.15, -0.1) is 0 Å². The summed E-state index contributed by atoms with van der Waals surface area (Å²) in [6.45, 7) is 7.36. The van der Waals surface area contributed by atoms with Crippen molar-refractivity contribution in [3.8, 4) is 0 Å². The highest BCUT2D eigenvalue weighted by Gasteiger charge is 2.07. The summed E-state index contributed by atoms with van der Waals surface area (Å²) in [5.41, 5.74) is 3.15. The van der Waals surface area contributed by atoms with Crippen LogP contribution in [-0.2, 0) is 6.54 Å². The van der Waals surface area contributed by atoms with E-state index in [4.69, 9.17) is 0 Å². The van der Waals surface area contributed by atoms with Crippen LogP contribution in [0.25, 0.3) is 0 Å². The molecule has 0 spiro atoms. The zero-order valence-electron chi connectivity index (χ0n) is 10.0. The van der Waals surface area contributed by atoms with Gasteiger partial charge >= 0.3 is 0 Å². The van der Waals surface area contributed by atoms with Gasteiger partial charge in [0.15, 0.2) is 6.29 Å². The van der Waals surface area contributed by atoms with Crippen molar-refractivity contribution in [2.45, 2.75) is 53.0 Å². The van der Waals surface area contributed by atoms with Crippen LogP contribution < -0.4 is 0 Å². The Kier molecular flexibility index (Phi) is 4.60. The van der Waals surface area contributed by atoms with Crippen molar-refractivity contribution in [2.24, 2.45) is 0 Å². The number of aromatic nitrogens is 1. The quantitative estimate of drug-likeness (QED) is 0.517. The minimum absolute atomic E-state index is 0.836. The number of carbonyl (C=O) groups is 1. The van der Waals surface area contributed by atoms with E-state index >= 15 is 0 Å². The molecular formula is C13H21NO. The number of aryl methyl sites for hydroxylation is 1. The molecule has 0 saturated carbocycles. The lowest BCUT2D eigenvalue weighted by Crippen LogP contribution is -2.02. The van der Waals surface area contributed by atoms with Crippen LogP contribution in [0.4, 0.5) is 0 Å². The Hall–Kier alpha value is -1.05. The van der Waals surface area contributed by atoms with Gasteiger partial charge in [-0.2, -0.15) is 0 Å². The molecule has 0 unspecified atom stereocenters. The summed E-state index contributed by atoms with van der Waals surface area (Å²) in [4.78, 5) is 10.8. The maximum atomic E-state index is 10.8. The van der Waals surface area contributed by atoms with Crippen molar-refractivity contribution in [3.05, 3.63) is 23.0 Å². The van der Waals surface area contributed by atoms with Gasteiger partial charge in [0.2, 0.25) is 0 Å². The second-order valence-corrected chi connectivity index (χ2v) is 4.16. The van der Waals surface area contributed by atoms with E-state index in [1.807, 2.05) is 13.0 Å². The lowest BCUT2D eigenvalue weighted by atomic mass is 10.2. The van der Waals surface area contributed by atoms with Crippen LogP contribution in [0, 0.1) is 13.8 Å². The number of aldehydes is 1. The van der Waals surface area contributed by atoms with Crippen molar-refractivity contribution in [3.63, 3.8) is 0 Å². The van der Waals surface area contributed by atoms with Crippen molar-refractivity contribution in [2.75, 3.05) is 0 Å². The second kappa shape index (κ2) is 5.74. The predicted octanol–water partition coefficient (Wildman–Crippen LogP) is 3.50. The summed E-state index contributed by atoms with van der Waals surface area (Å²) < 4.78 is 2.25. The smallest absolute Gasteiger partial charge is 0.151 e. The Bertz CT molecular complexity index is 326. The molecule has 0 fully saturated rings. The molecular weight excluding hydrogens is 186 g/mol. The van der Waals surface area contributed by atoms with Gasteiger partial charge in [-0.3, -0.25) is 4.79 Å². The highest BCUT2D eigenvalue weighted by Crippen LogP contribution is 2.14. The minimum Gasteiger partial charge on any atom is -0.348 e. The van der Waals surface area contributed by atoms with Crippen LogP contribution >= 0.6 is 0 Å². The molecule has 0 bridgehead atoms. The van der Waals surface area contributed by atoms with Crippen LogP contribution in [0.5, 0.6) is 0 Å². The van der Waals surface area contributed by atoms with Crippen molar-refractivity contribution < 1.29 is 4.79 Å². The molecule has 0 aliphatic carbocycles. The molecule has 84 valence electrons. The SMILES string of the molecule is CCCCCCn1c(C)cc(C=O)c1C. The Labute approximate surface area is 92.3 Å². The topological polar surface area (TPSA) is 22.0 Å². The summed E-state index contributed by atoms with van der Waals surface area (Å²) in [5.74, 6) is 0. The second-order valence-electron chi connectivity index (χ2n) is 4.16. The molecule has 1 aromatic heterocycles. The third kappa shape index (κ3) is 2.95. The molecule has 0 atom stereocenters. The Morgan fingerprint density at radius 2 is 2.00 bits per heavy atom. The summed E-state index contributed by atoms with van der Waals surface area (Å²) >= 11 is 0. The fourth-order valence-electron chi connectivity index (χ4n) is 1.99. The van der Waals surface area contributed by atoms with E-state index in [9.17, 15) is 4.79 Å². The molecule has 0 aliphatic heterocycles. The number of hydrogen-bond acceptors (Lipinski definition) is 1. The number of hydrogen-bond donors (Lipinski definition) is 0. The zero-order chi connectivity index (χ0) is 11.3. The van der Waals surface area contributed by atoms with Gasteiger partial charge in [-0.1, -0.05) is 26.2 Å². The summed E-state index contributed by atoms with van der Waals surface area (Å²) in [5, 5.41) is 0.